The number of aliphatic hydroxyl groups excluding tert-OH is 1. The van der Waals surface area contributed by atoms with Gasteiger partial charge < -0.3 is 5.11 Å². The number of aryl methyl sites for hydroxylation is 4. The molecule has 0 spiro atoms. The van der Waals surface area contributed by atoms with Crippen molar-refractivity contribution >= 4 is 32.8 Å². The molecule has 1 aliphatic rings. The molecule has 1 aromatic heterocycles. The minimum atomic E-state index is -3.74. The summed E-state index contributed by atoms with van der Waals surface area (Å²) in [4.78, 5) is 17.3. The van der Waals surface area contributed by atoms with Gasteiger partial charge in [0.1, 0.15) is 5.76 Å². The molecule has 0 amide bonds. The highest BCUT2D eigenvalue weighted by Gasteiger charge is 2.35. The van der Waals surface area contributed by atoms with Gasteiger partial charge >= 0.3 is 0 Å². The van der Waals surface area contributed by atoms with E-state index in [4.69, 9.17) is 11.6 Å². The Morgan fingerprint density at radius 3 is 2.21 bits per heavy atom. The third-order valence-corrected chi connectivity index (χ3v) is 8.73. The summed E-state index contributed by atoms with van der Waals surface area (Å²) < 4.78 is 25.9. The maximum atomic E-state index is 13.3. The number of pyridine rings is 1. The molecule has 2 aromatic rings. The van der Waals surface area contributed by atoms with E-state index in [-0.39, 0.29) is 52.0 Å². The Hall–Kier alpha value is -2.18. The smallest absolute Gasteiger partial charge is 0.197 e. The zero-order chi connectivity index (χ0) is 24.5. The van der Waals surface area contributed by atoms with Crippen molar-refractivity contribution in [1.82, 2.24) is 4.98 Å². The molecule has 7 heteroatoms. The Bertz CT molecular complexity index is 1190. The summed E-state index contributed by atoms with van der Waals surface area (Å²) in [5.74, 6) is -0.890. The molecule has 1 aliphatic carbocycles. The van der Waals surface area contributed by atoms with Crippen LogP contribution in [0.3, 0.4) is 0 Å². The SMILES string of the molecule is CCc1cc(C)cc(CC)c1C1=C(O)CC(C(C)CS(=O)(=O)c2ncc(C)cc2Cl)CC1=O. The van der Waals surface area contributed by atoms with E-state index in [0.717, 1.165) is 40.7 Å². The number of aliphatic hydroxyl groups is 1. The number of carbonyl (C=O) groups excluding carboxylic acids is 1. The summed E-state index contributed by atoms with van der Waals surface area (Å²) >= 11 is 6.14. The van der Waals surface area contributed by atoms with Crippen molar-refractivity contribution in [2.45, 2.75) is 65.3 Å². The van der Waals surface area contributed by atoms with Gasteiger partial charge in [-0.3, -0.25) is 4.79 Å². The zero-order valence-electron chi connectivity index (χ0n) is 19.9. The molecule has 1 aromatic carbocycles. The Labute approximate surface area is 201 Å². The number of sulfone groups is 1. The Kier molecular flexibility index (Phi) is 7.69. The van der Waals surface area contributed by atoms with E-state index in [1.165, 1.54) is 6.20 Å². The van der Waals surface area contributed by atoms with Gasteiger partial charge in [-0.15, -0.1) is 0 Å². The van der Waals surface area contributed by atoms with Crippen LogP contribution in [0.1, 0.15) is 61.4 Å². The van der Waals surface area contributed by atoms with Crippen molar-refractivity contribution in [2.75, 3.05) is 5.75 Å². The molecule has 2 unspecified atom stereocenters. The molecule has 0 saturated carbocycles. The molecule has 2 atom stereocenters. The lowest BCUT2D eigenvalue weighted by Crippen LogP contribution is -2.28. The van der Waals surface area contributed by atoms with Crippen molar-refractivity contribution < 1.29 is 18.3 Å². The van der Waals surface area contributed by atoms with E-state index < -0.39 is 9.84 Å². The third-order valence-electron chi connectivity index (χ3n) is 6.45. The summed E-state index contributed by atoms with van der Waals surface area (Å²) in [6.45, 7) is 9.72. The first-order chi connectivity index (χ1) is 15.5. The summed E-state index contributed by atoms with van der Waals surface area (Å²) in [6, 6.07) is 5.72. The quantitative estimate of drug-likeness (QED) is 0.528. The Morgan fingerprint density at radius 1 is 1.09 bits per heavy atom. The van der Waals surface area contributed by atoms with Crippen molar-refractivity contribution in [2.24, 2.45) is 11.8 Å². The predicted molar refractivity (Wildman–Crippen MR) is 132 cm³/mol. The van der Waals surface area contributed by atoms with Crippen LogP contribution in [0.5, 0.6) is 0 Å². The van der Waals surface area contributed by atoms with Crippen molar-refractivity contribution in [1.29, 1.82) is 0 Å². The second-order valence-corrected chi connectivity index (χ2v) is 11.5. The number of nitrogens with zero attached hydrogens (tertiary/aromatic N) is 1. The number of allylic oxidation sites excluding steroid dienone is 2. The van der Waals surface area contributed by atoms with Gasteiger partial charge in [-0.1, -0.05) is 50.1 Å². The Balaban J connectivity index is 1.90. The summed E-state index contributed by atoms with van der Waals surface area (Å²) in [6.07, 6.45) is 3.47. The second-order valence-electron chi connectivity index (χ2n) is 9.14. The summed E-state index contributed by atoms with van der Waals surface area (Å²) in [7, 11) is -3.74. The minimum absolute atomic E-state index is 0.0558. The topological polar surface area (TPSA) is 84.3 Å². The molecule has 5 nitrogen and oxygen atoms in total. The van der Waals surface area contributed by atoms with Crippen LogP contribution >= 0.6 is 11.6 Å². The van der Waals surface area contributed by atoms with Crippen LogP contribution < -0.4 is 0 Å². The average molecular weight is 490 g/mol. The molecule has 178 valence electrons. The minimum Gasteiger partial charge on any atom is -0.512 e. The van der Waals surface area contributed by atoms with Crippen LogP contribution in [0, 0.1) is 25.7 Å². The number of aromatic nitrogens is 1. The van der Waals surface area contributed by atoms with Gasteiger partial charge in [-0.05, 0) is 66.8 Å². The second kappa shape index (κ2) is 9.98. The van der Waals surface area contributed by atoms with Crippen LogP contribution in [0.15, 0.2) is 35.2 Å². The first-order valence-corrected chi connectivity index (χ1v) is 13.4. The lowest BCUT2D eigenvalue weighted by Gasteiger charge is -2.29. The van der Waals surface area contributed by atoms with Gasteiger partial charge in [0.25, 0.3) is 0 Å². The van der Waals surface area contributed by atoms with E-state index in [9.17, 15) is 18.3 Å². The van der Waals surface area contributed by atoms with Crippen molar-refractivity contribution in [3.63, 3.8) is 0 Å². The highest BCUT2D eigenvalue weighted by Crippen LogP contribution is 2.39. The van der Waals surface area contributed by atoms with Crippen LogP contribution in [0.4, 0.5) is 0 Å². The third kappa shape index (κ3) is 5.33. The monoisotopic (exact) mass is 489 g/mol. The van der Waals surface area contributed by atoms with E-state index in [1.807, 2.05) is 20.8 Å². The van der Waals surface area contributed by atoms with Crippen LogP contribution in [-0.2, 0) is 27.5 Å². The van der Waals surface area contributed by atoms with Crippen LogP contribution in [0.2, 0.25) is 5.02 Å². The molecule has 0 radical (unpaired) electrons. The fourth-order valence-corrected chi connectivity index (χ4v) is 7.01. The van der Waals surface area contributed by atoms with Crippen molar-refractivity contribution in [3.8, 4) is 0 Å². The van der Waals surface area contributed by atoms with Gasteiger partial charge in [0.05, 0.1) is 16.3 Å². The van der Waals surface area contributed by atoms with Gasteiger partial charge in [-0.25, -0.2) is 13.4 Å². The zero-order valence-corrected chi connectivity index (χ0v) is 21.5. The first kappa shape index (κ1) is 25.4. The molecular weight excluding hydrogens is 458 g/mol. The molecule has 0 bridgehead atoms. The average Bonchev–Trinajstić information content (AvgIpc) is 2.72. The number of ketones is 1. The lowest BCUT2D eigenvalue weighted by molar-refractivity contribution is -0.115. The number of halogens is 1. The molecule has 0 fully saturated rings. The van der Waals surface area contributed by atoms with Gasteiger partial charge in [-0.2, -0.15) is 0 Å². The molecule has 0 aliphatic heterocycles. The van der Waals surface area contributed by atoms with E-state index in [2.05, 4.69) is 17.1 Å². The van der Waals surface area contributed by atoms with Gasteiger partial charge in [0, 0.05) is 19.0 Å². The molecule has 33 heavy (non-hydrogen) atoms. The fraction of sp³-hybridized carbons (Fsp3) is 0.462. The predicted octanol–water partition coefficient (Wildman–Crippen LogP) is 5.83. The number of carbonyl (C=O) groups is 1. The highest BCUT2D eigenvalue weighted by atomic mass is 35.5. The summed E-state index contributed by atoms with van der Waals surface area (Å²) in [5.41, 5.74) is 5.27. The maximum absolute atomic E-state index is 13.3. The number of hydrogen-bond donors (Lipinski definition) is 1. The molecule has 3 rings (SSSR count). The van der Waals surface area contributed by atoms with E-state index in [0.29, 0.717) is 5.57 Å². The van der Waals surface area contributed by atoms with Crippen molar-refractivity contribution in [3.05, 3.63) is 63.0 Å². The number of rotatable bonds is 7. The highest BCUT2D eigenvalue weighted by molar-refractivity contribution is 7.91. The van der Waals surface area contributed by atoms with Crippen LogP contribution in [0.25, 0.3) is 5.57 Å². The van der Waals surface area contributed by atoms with E-state index in [1.54, 1.807) is 19.9 Å². The fourth-order valence-electron chi connectivity index (χ4n) is 4.74. The number of benzene rings is 1. The number of Topliss-reactive ketones (excluding diaryl/α,β-unsaturated/α-hetero) is 1. The maximum Gasteiger partial charge on any atom is 0.197 e. The largest absolute Gasteiger partial charge is 0.512 e. The first-order valence-electron chi connectivity index (χ1n) is 11.4. The Morgan fingerprint density at radius 2 is 1.70 bits per heavy atom. The van der Waals surface area contributed by atoms with Crippen LogP contribution in [-0.4, -0.2) is 30.0 Å². The summed E-state index contributed by atoms with van der Waals surface area (Å²) in [5, 5.41) is 11.0. The molecule has 0 saturated heterocycles. The number of hydrogen-bond acceptors (Lipinski definition) is 5. The lowest BCUT2D eigenvalue weighted by atomic mass is 9.76. The van der Waals surface area contributed by atoms with Gasteiger partial charge in [0.2, 0.25) is 0 Å². The molecular formula is C26H32ClNO4S. The van der Waals surface area contributed by atoms with Gasteiger partial charge in [0.15, 0.2) is 20.6 Å². The molecule has 1 heterocycles. The van der Waals surface area contributed by atoms with E-state index >= 15 is 0 Å². The standard InChI is InChI=1S/C26H32ClNO4S/c1-6-18-8-15(3)9-19(7-2)24(18)25-22(29)11-20(12-23(25)30)17(5)14-33(31,32)26-21(27)10-16(4)13-28-26/h8-10,13,17,20,29H,6-7,11-12,14H2,1-5H3. The normalized spacial score (nSPS) is 18.0. The molecule has 1 N–H and O–H groups in total.